The Morgan fingerprint density at radius 1 is 1.06 bits per heavy atom. The first-order valence-electron chi connectivity index (χ1n) is 5.67. The Morgan fingerprint density at radius 3 is 2.53 bits per heavy atom. The molecule has 1 N–H and O–H groups in total. The van der Waals surface area contributed by atoms with Crippen LogP contribution in [0.3, 0.4) is 0 Å². The second kappa shape index (κ2) is 5.11. The van der Waals surface area contributed by atoms with Gasteiger partial charge in [-0.25, -0.2) is 4.39 Å². The van der Waals surface area contributed by atoms with Crippen molar-refractivity contribution in [2.75, 3.05) is 6.61 Å². The Hall–Kier alpha value is -1.67. The molecule has 2 rings (SSSR count). The predicted molar refractivity (Wildman–Crippen MR) is 67.4 cm³/mol. The van der Waals surface area contributed by atoms with E-state index in [-0.39, 0.29) is 12.4 Å². The molecular formula is C15H15FO. The molecule has 0 aliphatic heterocycles. The third-order valence-electron chi connectivity index (χ3n) is 2.87. The van der Waals surface area contributed by atoms with Crippen molar-refractivity contribution in [2.45, 2.75) is 13.3 Å². The van der Waals surface area contributed by atoms with Crippen molar-refractivity contribution in [3.05, 3.63) is 59.4 Å². The fourth-order valence-electron chi connectivity index (χ4n) is 1.94. The molecule has 0 radical (unpaired) electrons. The summed E-state index contributed by atoms with van der Waals surface area (Å²) in [5.74, 6) is -0.221. The van der Waals surface area contributed by atoms with Crippen molar-refractivity contribution in [1.29, 1.82) is 0 Å². The zero-order valence-electron chi connectivity index (χ0n) is 9.78. The summed E-state index contributed by atoms with van der Waals surface area (Å²) < 4.78 is 13.8. The van der Waals surface area contributed by atoms with Crippen LogP contribution in [0.1, 0.15) is 11.1 Å². The van der Waals surface area contributed by atoms with Gasteiger partial charge in [0.25, 0.3) is 0 Å². The molecule has 0 amide bonds. The Bertz CT molecular complexity index is 520. The summed E-state index contributed by atoms with van der Waals surface area (Å²) in [5, 5.41) is 8.91. The van der Waals surface area contributed by atoms with Gasteiger partial charge in [0.15, 0.2) is 0 Å². The summed E-state index contributed by atoms with van der Waals surface area (Å²) >= 11 is 0. The summed E-state index contributed by atoms with van der Waals surface area (Å²) in [6.45, 7) is 2.05. The highest BCUT2D eigenvalue weighted by Crippen LogP contribution is 2.26. The van der Waals surface area contributed by atoms with Crippen LogP contribution in [0.2, 0.25) is 0 Å². The summed E-state index contributed by atoms with van der Waals surface area (Å²) in [6, 6.07) is 12.7. The second-order valence-electron chi connectivity index (χ2n) is 4.10. The number of benzene rings is 2. The minimum absolute atomic E-state index is 0.0822. The van der Waals surface area contributed by atoms with Crippen LogP contribution >= 0.6 is 0 Å². The van der Waals surface area contributed by atoms with Gasteiger partial charge in [0.1, 0.15) is 5.82 Å². The number of hydrogen-bond acceptors (Lipinski definition) is 1. The van der Waals surface area contributed by atoms with Gasteiger partial charge in [-0.3, -0.25) is 0 Å². The van der Waals surface area contributed by atoms with Crippen LogP contribution in [0.5, 0.6) is 0 Å². The monoisotopic (exact) mass is 230 g/mol. The lowest BCUT2D eigenvalue weighted by Crippen LogP contribution is -1.94. The Morgan fingerprint density at radius 2 is 1.82 bits per heavy atom. The Labute approximate surface area is 101 Å². The van der Waals surface area contributed by atoms with E-state index < -0.39 is 0 Å². The molecule has 0 fully saturated rings. The number of hydrogen-bond donors (Lipinski definition) is 1. The van der Waals surface area contributed by atoms with Gasteiger partial charge >= 0.3 is 0 Å². The minimum atomic E-state index is -0.221. The molecule has 0 unspecified atom stereocenters. The largest absolute Gasteiger partial charge is 0.396 e. The van der Waals surface area contributed by atoms with Crippen LogP contribution in [-0.2, 0) is 6.42 Å². The first-order chi connectivity index (χ1) is 8.22. The molecule has 2 aromatic carbocycles. The van der Waals surface area contributed by atoms with E-state index in [4.69, 9.17) is 5.11 Å². The quantitative estimate of drug-likeness (QED) is 0.857. The van der Waals surface area contributed by atoms with Crippen molar-refractivity contribution in [2.24, 2.45) is 0 Å². The fourth-order valence-corrected chi connectivity index (χ4v) is 1.94. The molecule has 1 nitrogen and oxygen atoms in total. The zero-order valence-corrected chi connectivity index (χ0v) is 9.78. The number of aliphatic hydroxyl groups excluding tert-OH is 1. The van der Waals surface area contributed by atoms with Gasteiger partial charge in [0.2, 0.25) is 0 Å². The van der Waals surface area contributed by atoms with E-state index in [1.165, 1.54) is 6.07 Å². The Kier molecular flexibility index (Phi) is 3.55. The molecule has 0 bridgehead atoms. The van der Waals surface area contributed by atoms with Gasteiger partial charge in [0, 0.05) is 12.2 Å². The fraction of sp³-hybridized carbons (Fsp3) is 0.200. The number of halogens is 1. The van der Waals surface area contributed by atoms with Crippen molar-refractivity contribution in [1.82, 2.24) is 0 Å². The molecular weight excluding hydrogens is 215 g/mol. The highest BCUT2D eigenvalue weighted by molar-refractivity contribution is 5.68. The highest BCUT2D eigenvalue weighted by Gasteiger charge is 2.08. The number of aliphatic hydroxyl groups is 1. The molecule has 0 heterocycles. The van der Waals surface area contributed by atoms with Gasteiger partial charge in [0.05, 0.1) is 0 Å². The maximum atomic E-state index is 13.8. The van der Waals surface area contributed by atoms with E-state index >= 15 is 0 Å². The van der Waals surface area contributed by atoms with Gasteiger partial charge < -0.3 is 5.11 Å². The molecule has 0 aromatic heterocycles. The normalized spacial score (nSPS) is 10.5. The van der Waals surface area contributed by atoms with Gasteiger partial charge in [-0.15, -0.1) is 0 Å². The van der Waals surface area contributed by atoms with E-state index in [2.05, 4.69) is 0 Å². The first kappa shape index (κ1) is 11.8. The van der Waals surface area contributed by atoms with Crippen LogP contribution in [0.25, 0.3) is 11.1 Å². The van der Waals surface area contributed by atoms with Crippen LogP contribution in [-0.4, -0.2) is 11.7 Å². The molecule has 0 saturated carbocycles. The lowest BCUT2D eigenvalue weighted by Gasteiger charge is -2.09. The highest BCUT2D eigenvalue weighted by atomic mass is 19.1. The van der Waals surface area contributed by atoms with Crippen LogP contribution in [0.15, 0.2) is 42.5 Å². The molecule has 17 heavy (non-hydrogen) atoms. The second-order valence-corrected chi connectivity index (χ2v) is 4.10. The Balaban J connectivity index is 2.51. The zero-order chi connectivity index (χ0) is 12.3. The lowest BCUT2D eigenvalue weighted by atomic mass is 9.97. The predicted octanol–water partition coefficient (Wildman–Crippen LogP) is 3.34. The molecule has 0 saturated heterocycles. The standard InChI is InChI=1S/C15H15FO/c1-11-4-2-3-5-13(11)14-10-12(8-9-17)6-7-15(14)16/h2-7,10,17H,8-9H2,1H3. The van der Waals surface area contributed by atoms with Crippen LogP contribution < -0.4 is 0 Å². The maximum absolute atomic E-state index is 13.8. The average molecular weight is 230 g/mol. The molecule has 2 heteroatoms. The molecule has 0 spiro atoms. The smallest absolute Gasteiger partial charge is 0.131 e. The lowest BCUT2D eigenvalue weighted by molar-refractivity contribution is 0.299. The topological polar surface area (TPSA) is 20.2 Å². The summed E-state index contributed by atoms with van der Waals surface area (Å²) in [4.78, 5) is 0. The van der Waals surface area contributed by atoms with Gasteiger partial charge in [-0.05, 0) is 42.2 Å². The van der Waals surface area contributed by atoms with E-state index in [1.807, 2.05) is 37.3 Å². The average Bonchev–Trinajstić information content (AvgIpc) is 2.33. The summed E-state index contributed by atoms with van der Waals surface area (Å²) in [7, 11) is 0. The van der Waals surface area contributed by atoms with Crippen molar-refractivity contribution in [3.63, 3.8) is 0 Å². The van der Waals surface area contributed by atoms with E-state index in [9.17, 15) is 4.39 Å². The summed E-state index contributed by atoms with van der Waals surface area (Å²) in [6.07, 6.45) is 0.555. The SMILES string of the molecule is Cc1ccccc1-c1cc(CCO)ccc1F. The molecule has 88 valence electrons. The van der Waals surface area contributed by atoms with Gasteiger partial charge in [-0.2, -0.15) is 0 Å². The molecule has 2 aromatic rings. The van der Waals surface area contributed by atoms with Crippen LogP contribution in [0.4, 0.5) is 4.39 Å². The van der Waals surface area contributed by atoms with Crippen molar-refractivity contribution in [3.8, 4) is 11.1 Å². The van der Waals surface area contributed by atoms with E-state index in [1.54, 1.807) is 6.07 Å². The van der Waals surface area contributed by atoms with E-state index in [0.717, 1.165) is 16.7 Å². The van der Waals surface area contributed by atoms with Crippen LogP contribution in [0, 0.1) is 12.7 Å². The minimum Gasteiger partial charge on any atom is -0.396 e. The third-order valence-corrected chi connectivity index (χ3v) is 2.87. The first-order valence-corrected chi connectivity index (χ1v) is 5.67. The number of aryl methyl sites for hydroxylation is 1. The number of rotatable bonds is 3. The molecule has 0 aliphatic rings. The molecule has 0 aliphatic carbocycles. The summed E-state index contributed by atoms with van der Waals surface area (Å²) in [5.41, 5.74) is 3.51. The van der Waals surface area contributed by atoms with Crippen molar-refractivity contribution >= 4 is 0 Å². The van der Waals surface area contributed by atoms with E-state index in [0.29, 0.717) is 12.0 Å². The third kappa shape index (κ3) is 2.53. The maximum Gasteiger partial charge on any atom is 0.131 e. The van der Waals surface area contributed by atoms with Gasteiger partial charge in [-0.1, -0.05) is 30.3 Å². The molecule has 0 atom stereocenters. The van der Waals surface area contributed by atoms with Crippen molar-refractivity contribution < 1.29 is 9.50 Å².